The third kappa shape index (κ3) is 4.35. The number of rotatable bonds is 6. The summed E-state index contributed by atoms with van der Waals surface area (Å²) in [6.07, 6.45) is 1.93. The Hall–Kier alpha value is -2.42. The van der Waals surface area contributed by atoms with Gasteiger partial charge in [0.05, 0.1) is 7.11 Å². The van der Waals surface area contributed by atoms with Gasteiger partial charge in [-0.1, -0.05) is 64.5 Å². The lowest BCUT2D eigenvalue weighted by molar-refractivity contribution is 0.371. The quantitative estimate of drug-likeness (QED) is 0.567. The van der Waals surface area contributed by atoms with Gasteiger partial charge < -0.3 is 14.9 Å². The highest BCUT2D eigenvalue weighted by Gasteiger charge is 2.31. The average molecular weight is 383 g/mol. The van der Waals surface area contributed by atoms with Gasteiger partial charge in [-0.15, -0.1) is 6.58 Å². The van der Waals surface area contributed by atoms with Crippen molar-refractivity contribution in [1.82, 2.24) is 0 Å². The van der Waals surface area contributed by atoms with E-state index in [2.05, 4.69) is 60.3 Å². The largest absolute Gasteiger partial charge is 0.507 e. The van der Waals surface area contributed by atoms with Gasteiger partial charge in [0.25, 0.3) is 0 Å². The fourth-order valence-corrected chi connectivity index (χ4v) is 3.99. The first kappa shape index (κ1) is 21.9. The lowest BCUT2D eigenvalue weighted by Crippen LogP contribution is -2.19. The number of phenolic OH excluding ortho intramolecular Hbond substituents is 2. The van der Waals surface area contributed by atoms with Crippen molar-refractivity contribution in [1.29, 1.82) is 0 Å². The Morgan fingerprint density at radius 2 is 1.71 bits per heavy atom. The van der Waals surface area contributed by atoms with E-state index < -0.39 is 0 Å². The molecule has 0 spiro atoms. The van der Waals surface area contributed by atoms with Crippen LogP contribution < -0.4 is 4.74 Å². The van der Waals surface area contributed by atoms with Crippen LogP contribution in [-0.2, 0) is 5.41 Å². The molecule has 0 aliphatic heterocycles. The van der Waals surface area contributed by atoms with E-state index in [1.54, 1.807) is 13.2 Å². The molecule has 0 heterocycles. The highest BCUT2D eigenvalue weighted by Crippen LogP contribution is 2.47. The molecule has 3 heteroatoms. The van der Waals surface area contributed by atoms with Gasteiger partial charge in [-0.3, -0.25) is 0 Å². The van der Waals surface area contributed by atoms with Crippen LogP contribution in [0.1, 0.15) is 68.7 Å². The van der Waals surface area contributed by atoms with Crippen molar-refractivity contribution >= 4 is 0 Å². The SMILES string of the molecule is C=CC(c1ccc(O)c(OC)c1)C(c1cc(C)cc(C(C)(C)C)c1O)C(C)C. The van der Waals surface area contributed by atoms with Gasteiger partial charge in [-0.2, -0.15) is 0 Å². The lowest BCUT2D eigenvalue weighted by atomic mass is 9.72. The Morgan fingerprint density at radius 3 is 2.21 bits per heavy atom. The molecule has 2 aromatic rings. The van der Waals surface area contributed by atoms with E-state index in [4.69, 9.17) is 4.74 Å². The van der Waals surface area contributed by atoms with Gasteiger partial charge in [0.2, 0.25) is 0 Å². The Balaban J connectivity index is 2.68. The summed E-state index contributed by atoms with van der Waals surface area (Å²) in [4.78, 5) is 0. The third-order valence-electron chi connectivity index (χ3n) is 5.40. The molecule has 28 heavy (non-hydrogen) atoms. The van der Waals surface area contributed by atoms with E-state index in [1.165, 1.54) is 0 Å². The van der Waals surface area contributed by atoms with E-state index >= 15 is 0 Å². The maximum atomic E-state index is 11.2. The van der Waals surface area contributed by atoms with Crippen LogP contribution in [0.2, 0.25) is 0 Å². The molecule has 0 aliphatic rings. The maximum Gasteiger partial charge on any atom is 0.160 e. The van der Waals surface area contributed by atoms with Crippen LogP contribution in [0.5, 0.6) is 17.2 Å². The number of hydrogen-bond donors (Lipinski definition) is 2. The van der Waals surface area contributed by atoms with Crippen molar-refractivity contribution in [2.24, 2.45) is 5.92 Å². The first-order valence-corrected chi connectivity index (χ1v) is 9.84. The van der Waals surface area contributed by atoms with Crippen molar-refractivity contribution < 1.29 is 14.9 Å². The second-order valence-electron chi connectivity index (χ2n) is 8.96. The van der Waals surface area contributed by atoms with E-state index in [0.717, 1.165) is 22.3 Å². The van der Waals surface area contributed by atoms with Crippen molar-refractivity contribution in [3.63, 3.8) is 0 Å². The van der Waals surface area contributed by atoms with Crippen LogP contribution in [0.4, 0.5) is 0 Å². The smallest absolute Gasteiger partial charge is 0.160 e. The Morgan fingerprint density at radius 1 is 1.07 bits per heavy atom. The standard InChI is InChI=1S/C25H34O3/c1-9-18(17-10-11-21(26)22(14-17)28-8)23(15(2)3)19-12-16(4)13-20(24(19)27)25(5,6)7/h9-15,18,23,26-27H,1H2,2-8H3. The highest BCUT2D eigenvalue weighted by atomic mass is 16.5. The second-order valence-corrected chi connectivity index (χ2v) is 8.96. The number of benzene rings is 2. The number of hydrogen-bond acceptors (Lipinski definition) is 3. The third-order valence-corrected chi connectivity index (χ3v) is 5.40. The van der Waals surface area contributed by atoms with Gasteiger partial charge >= 0.3 is 0 Å². The summed E-state index contributed by atoms with van der Waals surface area (Å²) in [5.74, 6) is 1.19. The molecule has 0 aliphatic carbocycles. The molecule has 0 bridgehead atoms. The molecule has 2 N–H and O–H groups in total. The second kappa shape index (κ2) is 8.30. The van der Waals surface area contributed by atoms with Gasteiger partial charge in [-0.05, 0) is 47.1 Å². The van der Waals surface area contributed by atoms with Gasteiger partial charge in [0.1, 0.15) is 5.75 Å². The number of allylic oxidation sites excluding steroid dienone is 1. The summed E-state index contributed by atoms with van der Waals surface area (Å²) in [6.45, 7) is 16.8. The fraction of sp³-hybridized carbons (Fsp3) is 0.440. The van der Waals surface area contributed by atoms with Crippen molar-refractivity contribution in [3.05, 3.63) is 65.2 Å². The fourth-order valence-electron chi connectivity index (χ4n) is 3.99. The Labute approximate surface area is 169 Å². The predicted molar refractivity (Wildman–Crippen MR) is 117 cm³/mol. The van der Waals surface area contributed by atoms with Crippen molar-refractivity contribution in [3.8, 4) is 17.2 Å². The van der Waals surface area contributed by atoms with Crippen LogP contribution >= 0.6 is 0 Å². The normalized spacial score (nSPS) is 14.0. The first-order valence-electron chi connectivity index (χ1n) is 9.84. The molecule has 2 aromatic carbocycles. The van der Waals surface area contributed by atoms with Crippen LogP contribution in [0.25, 0.3) is 0 Å². The van der Waals surface area contributed by atoms with E-state index in [0.29, 0.717) is 11.5 Å². The van der Waals surface area contributed by atoms with Crippen molar-refractivity contribution in [2.75, 3.05) is 7.11 Å². The monoisotopic (exact) mass is 382 g/mol. The Kier molecular flexibility index (Phi) is 6.48. The molecular weight excluding hydrogens is 348 g/mol. The minimum Gasteiger partial charge on any atom is -0.507 e. The zero-order valence-electron chi connectivity index (χ0n) is 18.2. The summed E-state index contributed by atoms with van der Waals surface area (Å²) in [6, 6.07) is 9.57. The summed E-state index contributed by atoms with van der Waals surface area (Å²) in [5, 5.41) is 21.2. The predicted octanol–water partition coefficient (Wildman–Crippen LogP) is 6.42. The molecule has 0 aromatic heterocycles. The van der Waals surface area contributed by atoms with Crippen LogP contribution in [0.15, 0.2) is 43.0 Å². The average Bonchev–Trinajstić information content (AvgIpc) is 2.61. The Bertz CT molecular complexity index is 844. The lowest BCUT2D eigenvalue weighted by Gasteiger charge is -2.32. The van der Waals surface area contributed by atoms with Gasteiger partial charge in [-0.25, -0.2) is 0 Å². The first-order chi connectivity index (χ1) is 13.0. The van der Waals surface area contributed by atoms with Crippen LogP contribution in [0.3, 0.4) is 0 Å². The number of aryl methyl sites for hydroxylation is 1. The zero-order valence-corrected chi connectivity index (χ0v) is 18.2. The minimum atomic E-state index is -0.155. The summed E-state index contributed by atoms with van der Waals surface area (Å²) in [7, 11) is 1.55. The maximum absolute atomic E-state index is 11.2. The molecule has 0 radical (unpaired) electrons. The van der Waals surface area contributed by atoms with E-state index in [9.17, 15) is 10.2 Å². The van der Waals surface area contributed by atoms with Gasteiger partial charge in [0.15, 0.2) is 11.5 Å². The van der Waals surface area contributed by atoms with E-state index in [1.807, 2.05) is 18.2 Å². The van der Waals surface area contributed by atoms with Crippen LogP contribution in [0, 0.1) is 12.8 Å². The summed E-state index contributed by atoms with van der Waals surface area (Å²) < 4.78 is 5.30. The zero-order chi connectivity index (χ0) is 21.2. The highest BCUT2D eigenvalue weighted by molar-refractivity contribution is 5.51. The number of methoxy groups -OCH3 is 1. The molecule has 0 saturated carbocycles. The van der Waals surface area contributed by atoms with Gasteiger partial charge in [0, 0.05) is 11.8 Å². The molecule has 2 unspecified atom stereocenters. The topological polar surface area (TPSA) is 49.7 Å². The van der Waals surface area contributed by atoms with Crippen molar-refractivity contribution in [2.45, 2.75) is 58.8 Å². The number of ether oxygens (including phenoxy) is 1. The number of aromatic hydroxyl groups is 2. The molecule has 0 fully saturated rings. The molecule has 0 saturated heterocycles. The molecule has 2 atom stereocenters. The number of phenols is 2. The molecule has 2 rings (SSSR count). The van der Waals surface area contributed by atoms with Crippen LogP contribution in [-0.4, -0.2) is 17.3 Å². The molecule has 3 nitrogen and oxygen atoms in total. The molecule has 0 amide bonds. The van der Waals surface area contributed by atoms with E-state index in [-0.39, 0.29) is 28.9 Å². The summed E-state index contributed by atoms with van der Waals surface area (Å²) >= 11 is 0. The molecular formula is C25H34O3. The summed E-state index contributed by atoms with van der Waals surface area (Å²) in [5.41, 5.74) is 3.88. The minimum absolute atomic E-state index is 0.0324. The molecule has 152 valence electrons.